The van der Waals surface area contributed by atoms with Crippen molar-refractivity contribution in [2.24, 2.45) is 0 Å². The van der Waals surface area contributed by atoms with E-state index < -0.39 is 23.3 Å². The van der Waals surface area contributed by atoms with Gasteiger partial charge in [0, 0.05) is 34.5 Å². The van der Waals surface area contributed by atoms with E-state index in [9.17, 15) is 14.4 Å². The van der Waals surface area contributed by atoms with E-state index in [2.05, 4.69) is 4.74 Å². The third kappa shape index (κ3) is 3.87. The summed E-state index contributed by atoms with van der Waals surface area (Å²) in [6, 6.07) is 12.7. The molecular formula is C23H18O8. The number of methoxy groups -OCH3 is 2. The molecule has 0 unspecified atom stereocenters. The van der Waals surface area contributed by atoms with Crippen LogP contribution in [0.3, 0.4) is 0 Å². The zero-order chi connectivity index (χ0) is 22.1. The third-order valence-corrected chi connectivity index (χ3v) is 4.80. The second-order valence-corrected chi connectivity index (χ2v) is 6.77. The van der Waals surface area contributed by atoms with Gasteiger partial charge in [0.05, 0.1) is 19.8 Å². The topological polar surface area (TPSA) is 105 Å². The first kappa shape index (κ1) is 20.2. The molecule has 2 aromatic carbocycles. The number of esters is 1. The van der Waals surface area contributed by atoms with E-state index in [4.69, 9.17) is 18.3 Å². The Labute approximate surface area is 175 Å². The molecule has 0 spiro atoms. The average Bonchev–Trinajstić information content (AvgIpc) is 2.76. The highest BCUT2D eigenvalue weighted by Gasteiger charge is 2.17. The van der Waals surface area contributed by atoms with Gasteiger partial charge in [-0.25, -0.2) is 14.4 Å². The van der Waals surface area contributed by atoms with Gasteiger partial charge in [-0.2, -0.15) is 0 Å². The van der Waals surface area contributed by atoms with Crippen LogP contribution in [0.4, 0.5) is 0 Å². The number of carbonyl (C=O) groups is 1. The molecule has 2 aromatic heterocycles. The van der Waals surface area contributed by atoms with E-state index in [0.717, 1.165) is 0 Å². The molecule has 0 saturated heterocycles. The smallest absolute Gasteiger partial charge is 0.346 e. The Bertz CT molecular complexity index is 1410. The lowest BCUT2D eigenvalue weighted by molar-refractivity contribution is -0.147. The number of ether oxygens (including phenoxy) is 3. The van der Waals surface area contributed by atoms with Crippen LogP contribution < -0.4 is 20.7 Å². The zero-order valence-electron chi connectivity index (χ0n) is 17.0. The van der Waals surface area contributed by atoms with Gasteiger partial charge in [-0.3, -0.25) is 0 Å². The predicted molar refractivity (Wildman–Crippen MR) is 113 cm³/mol. The first-order valence-electron chi connectivity index (χ1n) is 9.34. The molecule has 2 heterocycles. The molecule has 31 heavy (non-hydrogen) atoms. The molecule has 0 bridgehead atoms. The average molecular weight is 422 g/mol. The van der Waals surface area contributed by atoms with E-state index in [1.807, 2.05) is 0 Å². The Morgan fingerprint density at radius 2 is 1.61 bits per heavy atom. The van der Waals surface area contributed by atoms with Gasteiger partial charge in [-0.05, 0) is 37.3 Å². The van der Waals surface area contributed by atoms with Gasteiger partial charge in [0.15, 0.2) is 6.10 Å². The van der Waals surface area contributed by atoms with Crippen LogP contribution in [0.1, 0.15) is 6.92 Å². The normalized spacial score (nSPS) is 12.0. The molecule has 0 aliphatic heterocycles. The first-order chi connectivity index (χ1) is 14.9. The second kappa shape index (κ2) is 7.98. The molecule has 1 atom stereocenters. The molecule has 8 heteroatoms. The van der Waals surface area contributed by atoms with Crippen molar-refractivity contribution in [1.29, 1.82) is 0 Å². The molecule has 0 aliphatic carbocycles. The number of hydrogen-bond acceptors (Lipinski definition) is 8. The molecular weight excluding hydrogens is 404 g/mol. The Balaban J connectivity index is 1.82. The number of carbonyl (C=O) groups excluding carboxylic acids is 1. The lowest BCUT2D eigenvalue weighted by Gasteiger charge is -2.12. The maximum atomic E-state index is 12.8. The van der Waals surface area contributed by atoms with E-state index in [-0.39, 0.29) is 11.1 Å². The Morgan fingerprint density at radius 3 is 2.35 bits per heavy atom. The lowest BCUT2D eigenvalue weighted by atomic mass is 10.0. The summed E-state index contributed by atoms with van der Waals surface area (Å²) in [5.41, 5.74) is -0.0558. The maximum Gasteiger partial charge on any atom is 0.346 e. The van der Waals surface area contributed by atoms with Gasteiger partial charge in [0.2, 0.25) is 0 Å². The fraction of sp³-hybridized carbons (Fsp3) is 0.174. The molecule has 4 rings (SSSR count). The summed E-state index contributed by atoms with van der Waals surface area (Å²) in [5.74, 6) is 0.342. The highest BCUT2D eigenvalue weighted by Crippen LogP contribution is 2.30. The standard InChI is InChI=1S/C23H18O8/c1-12(22(25)28-3)29-15-5-4-13-8-18(23(26)31-19(13)10-15)17-11-21(24)30-20-9-14(27-2)6-7-16(17)20/h4-12H,1-3H3/t12-/m1/s1. The van der Waals surface area contributed by atoms with Crippen LogP contribution in [-0.4, -0.2) is 26.3 Å². The predicted octanol–water partition coefficient (Wildman–Crippen LogP) is 3.52. The van der Waals surface area contributed by atoms with Crippen molar-refractivity contribution in [3.63, 3.8) is 0 Å². The molecule has 0 fully saturated rings. The van der Waals surface area contributed by atoms with Gasteiger partial charge in [-0.1, -0.05) is 0 Å². The van der Waals surface area contributed by atoms with Gasteiger partial charge < -0.3 is 23.0 Å². The van der Waals surface area contributed by atoms with Crippen LogP contribution in [0, 0.1) is 0 Å². The monoisotopic (exact) mass is 422 g/mol. The van der Waals surface area contributed by atoms with Gasteiger partial charge in [0.25, 0.3) is 0 Å². The molecule has 0 aliphatic rings. The fourth-order valence-corrected chi connectivity index (χ4v) is 3.26. The molecule has 0 amide bonds. The first-order valence-corrected chi connectivity index (χ1v) is 9.34. The maximum absolute atomic E-state index is 12.8. The molecule has 158 valence electrons. The molecule has 8 nitrogen and oxygen atoms in total. The second-order valence-electron chi connectivity index (χ2n) is 6.77. The van der Waals surface area contributed by atoms with E-state index in [1.54, 1.807) is 43.3 Å². The van der Waals surface area contributed by atoms with Gasteiger partial charge in [-0.15, -0.1) is 0 Å². The lowest BCUT2D eigenvalue weighted by Crippen LogP contribution is -2.24. The van der Waals surface area contributed by atoms with Crippen LogP contribution >= 0.6 is 0 Å². The fourth-order valence-electron chi connectivity index (χ4n) is 3.26. The summed E-state index contributed by atoms with van der Waals surface area (Å²) in [6.45, 7) is 1.55. The number of rotatable bonds is 5. The number of hydrogen-bond donors (Lipinski definition) is 0. The molecule has 4 aromatic rings. The van der Waals surface area contributed by atoms with Crippen LogP contribution in [0.25, 0.3) is 33.1 Å². The minimum Gasteiger partial charge on any atom is -0.497 e. The SMILES string of the molecule is COC(=O)[C@@H](C)Oc1ccc2cc(-c3cc(=O)oc4cc(OC)ccc34)c(=O)oc2c1. The molecule has 0 N–H and O–H groups in total. The van der Waals surface area contributed by atoms with Crippen molar-refractivity contribution < 1.29 is 27.8 Å². The Hall–Kier alpha value is -4.07. The van der Waals surface area contributed by atoms with Crippen molar-refractivity contribution in [3.05, 3.63) is 69.4 Å². The highest BCUT2D eigenvalue weighted by molar-refractivity contribution is 5.95. The Kier molecular flexibility index (Phi) is 5.21. The Morgan fingerprint density at radius 1 is 0.871 bits per heavy atom. The van der Waals surface area contributed by atoms with E-state index in [0.29, 0.717) is 33.4 Å². The molecule has 0 radical (unpaired) electrons. The summed E-state index contributed by atoms with van der Waals surface area (Å²) in [5, 5.41) is 1.18. The van der Waals surface area contributed by atoms with Crippen molar-refractivity contribution >= 4 is 27.9 Å². The number of benzene rings is 2. The van der Waals surface area contributed by atoms with Crippen LogP contribution in [-0.2, 0) is 9.53 Å². The summed E-state index contributed by atoms with van der Waals surface area (Å²) in [7, 11) is 2.78. The minimum atomic E-state index is -0.819. The largest absolute Gasteiger partial charge is 0.497 e. The van der Waals surface area contributed by atoms with Crippen molar-refractivity contribution in [3.8, 4) is 22.6 Å². The van der Waals surface area contributed by atoms with Crippen molar-refractivity contribution in [1.82, 2.24) is 0 Å². The van der Waals surface area contributed by atoms with Gasteiger partial charge in [0.1, 0.15) is 22.7 Å². The highest BCUT2D eigenvalue weighted by atomic mass is 16.6. The van der Waals surface area contributed by atoms with E-state index in [1.165, 1.54) is 26.4 Å². The van der Waals surface area contributed by atoms with Crippen LogP contribution in [0.5, 0.6) is 11.5 Å². The van der Waals surface area contributed by atoms with E-state index >= 15 is 0 Å². The minimum absolute atomic E-state index is 0.215. The van der Waals surface area contributed by atoms with Gasteiger partial charge >= 0.3 is 17.2 Å². The summed E-state index contributed by atoms with van der Waals surface area (Å²) < 4.78 is 26.1. The van der Waals surface area contributed by atoms with Crippen molar-refractivity contribution in [2.75, 3.05) is 14.2 Å². The van der Waals surface area contributed by atoms with Crippen molar-refractivity contribution in [2.45, 2.75) is 13.0 Å². The summed E-state index contributed by atoms with van der Waals surface area (Å²) in [6.07, 6.45) is -0.819. The third-order valence-electron chi connectivity index (χ3n) is 4.80. The van der Waals surface area contributed by atoms with Crippen LogP contribution in [0.2, 0.25) is 0 Å². The van der Waals surface area contributed by atoms with Crippen LogP contribution in [0.15, 0.2) is 67.0 Å². The summed E-state index contributed by atoms with van der Waals surface area (Å²) >= 11 is 0. The summed E-state index contributed by atoms with van der Waals surface area (Å²) in [4.78, 5) is 36.4. The quantitative estimate of drug-likeness (QED) is 0.355. The number of fused-ring (bicyclic) bond motifs is 2. The zero-order valence-corrected chi connectivity index (χ0v) is 17.0. The molecule has 0 saturated carbocycles.